The summed E-state index contributed by atoms with van der Waals surface area (Å²) in [5, 5.41) is 0. The minimum atomic E-state index is 0.504. The molecule has 0 aromatic heterocycles. The van der Waals surface area contributed by atoms with Crippen molar-refractivity contribution in [1.82, 2.24) is 0 Å². The molecule has 0 atom stereocenters. The molecule has 2 nitrogen and oxygen atoms in total. The van der Waals surface area contributed by atoms with Gasteiger partial charge in [0.05, 0.1) is 0 Å². The second-order valence-electron chi connectivity index (χ2n) is 4.84. The third-order valence-corrected chi connectivity index (χ3v) is 3.75. The van der Waals surface area contributed by atoms with Crippen LogP contribution in [-0.4, -0.2) is 12.6 Å². The molecule has 1 saturated carbocycles. The van der Waals surface area contributed by atoms with Gasteiger partial charge in [-0.1, -0.05) is 0 Å². The SMILES string of the molecule is O=Cc1cc2c(cc1C=O)CC1(CC1)C2. The van der Waals surface area contributed by atoms with Gasteiger partial charge in [0, 0.05) is 11.1 Å². The Hall–Kier alpha value is -1.44. The molecule has 0 amide bonds. The Balaban J connectivity index is 2.10. The van der Waals surface area contributed by atoms with Crippen molar-refractivity contribution < 1.29 is 9.59 Å². The van der Waals surface area contributed by atoms with Gasteiger partial charge in [-0.15, -0.1) is 0 Å². The maximum absolute atomic E-state index is 10.8. The van der Waals surface area contributed by atoms with E-state index in [1.54, 1.807) is 0 Å². The number of hydrogen-bond acceptors (Lipinski definition) is 2. The van der Waals surface area contributed by atoms with E-state index in [9.17, 15) is 9.59 Å². The first-order valence-electron chi connectivity index (χ1n) is 5.32. The second kappa shape index (κ2) is 2.78. The van der Waals surface area contributed by atoms with E-state index in [-0.39, 0.29) is 0 Å². The average Bonchev–Trinajstić information content (AvgIpc) is 2.89. The number of carbonyl (C=O) groups is 2. The largest absolute Gasteiger partial charge is 0.298 e. The third-order valence-electron chi connectivity index (χ3n) is 3.75. The van der Waals surface area contributed by atoms with Gasteiger partial charge in [-0.25, -0.2) is 0 Å². The third kappa shape index (κ3) is 1.24. The van der Waals surface area contributed by atoms with E-state index in [1.807, 2.05) is 12.1 Å². The molecule has 1 aromatic carbocycles. The van der Waals surface area contributed by atoms with Gasteiger partial charge in [0.15, 0.2) is 12.6 Å². The molecule has 2 aliphatic carbocycles. The van der Waals surface area contributed by atoms with E-state index in [0.717, 1.165) is 25.4 Å². The fourth-order valence-corrected chi connectivity index (χ4v) is 2.66. The Labute approximate surface area is 88.3 Å². The highest BCUT2D eigenvalue weighted by atomic mass is 16.1. The van der Waals surface area contributed by atoms with Crippen LogP contribution in [0.1, 0.15) is 44.7 Å². The number of benzene rings is 1. The van der Waals surface area contributed by atoms with Crippen molar-refractivity contribution in [2.24, 2.45) is 5.41 Å². The maximum Gasteiger partial charge on any atom is 0.150 e. The lowest BCUT2D eigenvalue weighted by atomic mass is 10.0. The second-order valence-corrected chi connectivity index (χ2v) is 4.84. The molecule has 3 rings (SSSR count). The highest BCUT2D eigenvalue weighted by Crippen LogP contribution is 2.55. The van der Waals surface area contributed by atoms with Crippen LogP contribution in [0.2, 0.25) is 0 Å². The van der Waals surface area contributed by atoms with Gasteiger partial charge in [0.1, 0.15) is 0 Å². The Morgan fingerprint density at radius 1 is 0.933 bits per heavy atom. The first-order valence-corrected chi connectivity index (χ1v) is 5.32. The molecule has 0 aliphatic heterocycles. The first-order chi connectivity index (χ1) is 7.26. The van der Waals surface area contributed by atoms with Crippen molar-refractivity contribution in [2.45, 2.75) is 25.7 Å². The fraction of sp³-hybridized carbons (Fsp3) is 0.385. The summed E-state index contributed by atoms with van der Waals surface area (Å²) >= 11 is 0. The van der Waals surface area contributed by atoms with E-state index in [1.165, 1.54) is 24.0 Å². The molecule has 2 aliphatic rings. The molecule has 1 spiro atoms. The number of carbonyl (C=O) groups excluding carboxylic acids is 2. The van der Waals surface area contributed by atoms with Crippen molar-refractivity contribution in [3.05, 3.63) is 34.4 Å². The van der Waals surface area contributed by atoms with Crippen LogP contribution in [0.15, 0.2) is 12.1 Å². The molecule has 0 unspecified atom stereocenters. The van der Waals surface area contributed by atoms with Crippen molar-refractivity contribution in [3.63, 3.8) is 0 Å². The number of hydrogen-bond donors (Lipinski definition) is 0. The number of fused-ring (bicyclic) bond motifs is 1. The summed E-state index contributed by atoms with van der Waals surface area (Å²) in [7, 11) is 0. The Bertz CT molecular complexity index is 417. The maximum atomic E-state index is 10.8. The predicted octanol–water partition coefficient (Wildman–Crippen LogP) is 2.19. The van der Waals surface area contributed by atoms with Gasteiger partial charge in [-0.3, -0.25) is 9.59 Å². The summed E-state index contributed by atoms with van der Waals surface area (Å²) in [5.74, 6) is 0. The van der Waals surface area contributed by atoms with Crippen molar-refractivity contribution >= 4 is 12.6 Å². The highest BCUT2D eigenvalue weighted by molar-refractivity contribution is 5.91. The van der Waals surface area contributed by atoms with Gasteiger partial charge >= 0.3 is 0 Å². The topological polar surface area (TPSA) is 34.1 Å². The molecular formula is C13H12O2. The molecule has 2 heteroatoms. The lowest BCUT2D eigenvalue weighted by Crippen LogP contribution is -1.96. The Morgan fingerprint density at radius 2 is 1.40 bits per heavy atom. The zero-order chi connectivity index (χ0) is 10.5. The molecule has 0 saturated heterocycles. The molecule has 76 valence electrons. The van der Waals surface area contributed by atoms with Gasteiger partial charge in [0.2, 0.25) is 0 Å². The Kier molecular flexibility index (Phi) is 1.64. The van der Waals surface area contributed by atoms with Crippen LogP contribution in [0.25, 0.3) is 0 Å². The zero-order valence-corrected chi connectivity index (χ0v) is 8.45. The molecule has 1 fully saturated rings. The predicted molar refractivity (Wildman–Crippen MR) is 56.3 cm³/mol. The summed E-state index contributed by atoms with van der Waals surface area (Å²) < 4.78 is 0. The quantitative estimate of drug-likeness (QED) is 0.686. The van der Waals surface area contributed by atoms with E-state index < -0.39 is 0 Å². The fourth-order valence-electron chi connectivity index (χ4n) is 2.66. The van der Waals surface area contributed by atoms with E-state index >= 15 is 0 Å². The van der Waals surface area contributed by atoms with Crippen molar-refractivity contribution in [3.8, 4) is 0 Å². The first kappa shape index (κ1) is 8.84. The molecule has 0 N–H and O–H groups in total. The van der Waals surface area contributed by atoms with Gasteiger partial charge in [-0.2, -0.15) is 0 Å². The summed E-state index contributed by atoms with van der Waals surface area (Å²) in [6.07, 6.45) is 6.36. The van der Waals surface area contributed by atoms with Crippen LogP contribution >= 0.6 is 0 Å². The van der Waals surface area contributed by atoms with Gasteiger partial charge in [0.25, 0.3) is 0 Å². The highest BCUT2D eigenvalue weighted by Gasteiger charge is 2.46. The van der Waals surface area contributed by atoms with E-state index in [4.69, 9.17) is 0 Å². The van der Waals surface area contributed by atoms with Crippen LogP contribution in [0.4, 0.5) is 0 Å². The molecule has 0 bridgehead atoms. The molecule has 1 aromatic rings. The van der Waals surface area contributed by atoms with Crippen LogP contribution in [-0.2, 0) is 12.8 Å². The standard InChI is InChI=1S/C13H12O2/c14-7-11-3-9-5-13(1-2-13)6-10(9)4-12(11)8-15/h3-4,7-8H,1-2,5-6H2. The summed E-state index contributed by atoms with van der Waals surface area (Å²) in [6, 6.07) is 3.80. The van der Waals surface area contributed by atoms with Crippen molar-refractivity contribution in [1.29, 1.82) is 0 Å². The normalized spacial score (nSPS) is 20.0. The zero-order valence-electron chi connectivity index (χ0n) is 8.45. The number of aldehydes is 2. The minimum Gasteiger partial charge on any atom is -0.298 e. The summed E-state index contributed by atoms with van der Waals surface area (Å²) in [6.45, 7) is 0. The number of rotatable bonds is 2. The minimum absolute atomic E-state index is 0.504. The van der Waals surface area contributed by atoms with Crippen molar-refractivity contribution in [2.75, 3.05) is 0 Å². The van der Waals surface area contributed by atoms with Crippen LogP contribution in [0.5, 0.6) is 0 Å². The van der Waals surface area contributed by atoms with Gasteiger partial charge in [-0.05, 0) is 54.4 Å². The molecule has 15 heavy (non-hydrogen) atoms. The molecular weight excluding hydrogens is 188 g/mol. The van der Waals surface area contributed by atoms with Crippen LogP contribution in [0, 0.1) is 5.41 Å². The summed E-state index contributed by atoms with van der Waals surface area (Å²) in [4.78, 5) is 21.6. The molecule has 0 heterocycles. The van der Waals surface area contributed by atoms with Gasteiger partial charge < -0.3 is 0 Å². The summed E-state index contributed by atoms with van der Waals surface area (Å²) in [5.41, 5.74) is 4.15. The monoisotopic (exact) mass is 200 g/mol. The van der Waals surface area contributed by atoms with E-state index in [0.29, 0.717) is 16.5 Å². The van der Waals surface area contributed by atoms with Crippen LogP contribution < -0.4 is 0 Å². The smallest absolute Gasteiger partial charge is 0.150 e. The average molecular weight is 200 g/mol. The lowest BCUT2D eigenvalue weighted by molar-refractivity contribution is 0.109. The lowest BCUT2D eigenvalue weighted by Gasteiger charge is -2.02. The Morgan fingerprint density at radius 3 is 1.73 bits per heavy atom. The molecule has 0 radical (unpaired) electrons. The van der Waals surface area contributed by atoms with Crippen LogP contribution in [0.3, 0.4) is 0 Å². The van der Waals surface area contributed by atoms with E-state index in [2.05, 4.69) is 0 Å².